The van der Waals surface area contributed by atoms with E-state index in [1.807, 2.05) is 0 Å². The van der Waals surface area contributed by atoms with Crippen LogP contribution in [0.15, 0.2) is 60.8 Å². The van der Waals surface area contributed by atoms with E-state index >= 15 is 0 Å². The minimum Gasteiger partial charge on any atom is -0.481 e. The molecule has 0 amide bonds. The molecular weight excluding hydrogens is 380 g/mol. The van der Waals surface area contributed by atoms with Crippen molar-refractivity contribution in [3.05, 3.63) is 60.8 Å². The number of aliphatic carboxylic acids is 1. The summed E-state index contributed by atoms with van der Waals surface area (Å²) in [6, 6.07) is 0. The van der Waals surface area contributed by atoms with E-state index in [4.69, 9.17) is 0 Å². The van der Waals surface area contributed by atoms with Crippen molar-refractivity contribution >= 4 is 5.97 Å². The fourth-order valence-electron chi connectivity index (χ4n) is 5.49. The number of fused-ring (bicyclic) bond motifs is 3. The first-order chi connectivity index (χ1) is 15.2. The van der Waals surface area contributed by atoms with Gasteiger partial charge in [0.2, 0.25) is 0 Å². The summed E-state index contributed by atoms with van der Waals surface area (Å²) in [5.41, 5.74) is 0. The molecule has 170 valence electrons. The summed E-state index contributed by atoms with van der Waals surface area (Å²) in [7, 11) is 0. The Kier molecular flexibility index (Phi) is 10.4. The lowest BCUT2D eigenvalue weighted by Crippen LogP contribution is -2.30. The minimum atomic E-state index is -0.578. The van der Waals surface area contributed by atoms with Crippen LogP contribution in [0.25, 0.3) is 0 Å². The smallest absolute Gasteiger partial charge is 0.306 e. The second-order valence-corrected chi connectivity index (χ2v) is 9.89. The van der Waals surface area contributed by atoms with Crippen LogP contribution in [0.2, 0.25) is 0 Å². The van der Waals surface area contributed by atoms with Gasteiger partial charge in [0.15, 0.2) is 0 Å². The molecular formula is C29H42O2. The standard InChI is InChI=1S/C29H42O2/c30-29(31)28-21-20-24-16-15-19-26-23-25(26)17-13-11-9-7-5-3-1-2-4-6-8-10-12-14-18-27(28)22-24/h1-4,6,8,10,12-13,17,24-28H,5,7,9,11,14-16,18-23H2,(H,30,31)/b3-1-,4-2-,8-6-,12-10?,17-13-. The summed E-state index contributed by atoms with van der Waals surface area (Å²) in [6.07, 6.45) is 37.3. The number of rotatable bonds is 1. The summed E-state index contributed by atoms with van der Waals surface area (Å²) in [5.74, 6) is 2.13. The fraction of sp³-hybridized carbons (Fsp3) is 0.621. The zero-order chi connectivity index (χ0) is 21.7. The summed E-state index contributed by atoms with van der Waals surface area (Å²) >= 11 is 0. The Morgan fingerprint density at radius 1 is 0.645 bits per heavy atom. The molecule has 3 aliphatic rings. The van der Waals surface area contributed by atoms with Gasteiger partial charge in [-0.2, -0.15) is 0 Å². The molecule has 3 rings (SSSR count). The molecule has 2 heteroatoms. The van der Waals surface area contributed by atoms with Gasteiger partial charge in [-0.15, -0.1) is 0 Å². The third-order valence-electron chi connectivity index (χ3n) is 7.48. The first kappa shape index (κ1) is 23.8. The van der Waals surface area contributed by atoms with Crippen molar-refractivity contribution in [3.8, 4) is 0 Å². The average Bonchev–Trinajstić information content (AvgIpc) is 3.50. The summed E-state index contributed by atoms with van der Waals surface area (Å²) < 4.78 is 0. The van der Waals surface area contributed by atoms with Crippen molar-refractivity contribution in [2.24, 2.45) is 29.6 Å². The molecule has 0 aromatic carbocycles. The van der Waals surface area contributed by atoms with Crippen LogP contribution in [-0.4, -0.2) is 11.1 Å². The molecule has 0 heterocycles. The Balaban J connectivity index is 1.53. The van der Waals surface area contributed by atoms with Crippen molar-refractivity contribution < 1.29 is 9.90 Å². The van der Waals surface area contributed by atoms with Gasteiger partial charge in [0.25, 0.3) is 0 Å². The van der Waals surface area contributed by atoms with Crippen molar-refractivity contribution in [1.82, 2.24) is 0 Å². The number of allylic oxidation sites excluding steroid dienone is 10. The molecule has 3 aliphatic carbocycles. The lowest BCUT2D eigenvalue weighted by molar-refractivity contribution is -0.145. The maximum absolute atomic E-state index is 11.7. The molecule has 5 unspecified atom stereocenters. The molecule has 2 saturated carbocycles. The topological polar surface area (TPSA) is 37.3 Å². The van der Waals surface area contributed by atoms with E-state index in [1.54, 1.807) is 0 Å². The van der Waals surface area contributed by atoms with Crippen LogP contribution in [-0.2, 0) is 4.79 Å². The van der Waals surface area contributed by atoms with Gasteiger partial charge >= 0.3 is 5.97 Å². The quantitative estimate of drug-likeness (QED) is 0.434. The van der Waals surface area contributed by atoms with Crippen molar-refractivity contribution in [2.45, 2.75) is 83.5 Å². The van der Waals surface area contributed by atoms with Gasteiger partial charge in [-0.3, -0.25) is 4.79 Å². The molecule has 0 saturated heterocycles. The molecule has 0 aromatic heterocycles. The highest BCUT2D eigenvalue weighted by molar-refractivity contribution is 5.70. The minimum absolute atomic E-state index is 0.133. The Bertz CT molecular complexity index is 681. The zero-order valence-corrected chi connectivity index (χ0v) is 19.2. The van der Waals surface area contributed by atoms with Gasteiger partial charge in [-0.05, 0) is 94.3 Å². The van der Waals surface area contributed by atoms with Gasteiger partial charge in [-0.25, -0.2) is 0 Å². The predicted molar refractivity (Wildman–Crippen MR) is 131 cm³/mol. The summed E-state index contributed by atoms with van der Waals surface area (Å²) in [4.78, 5) is 11.7. The van der Waals surface area contributed by atoms with E-state index in [0.717, 1.165) is 56.3 Å². The molecule has 1 N–H and O–H groups in total. The molecule has 2 bridgehead atoms. The van der Waals surface area contributed by atoms with Gasteiger partial charge < -0.3 is 5.11 Å². The monoisotopic (exact) mass is 422 g/mol. The zero-order valence-electron chi connectivity index (χ0n) is 19.2. The molecule has 0 aromatic rings. The normalized spacial score (nSPS) is 37.5. The van der Waals surface area contributed by atoms with E-state index in [2.05, 4.69) is 60.8 Å². The Labute approximate surface area is 189 Å². The first-order valence-corrected chi connectivity index (χ1v) is 12.8. The van der Waals surface area contributed by atoms with Crippen molar-refractivity contribution in [1.29, 1.82) is 0 Å². The van der Waals surface area contributed by atoms with E-state index in [-0.39, 0.29) is 5.92 Å². The average molecular weight is 423 g/mol. The second-order valence-electron chi connectivity index (χ2n) is 9.89. The summed E-state index contributed by atoms with van der Waals surface area (Å²) in [5, 5.41) is 9.67. The number of carboxylic acids is 1. The predicted octanol–water partition coefficient (Wildman–Crippen LogP) is 8.05. The summed E-state index contributed by atoms with van der Waals surface area (Å²) in [6.45, 7) is 0. The van der Waals surface area contributed by atoms with E-state index < -0.39 is 5.97 Å². The van der Waals surface area contributed by atoms with Crippen LogP contribution < -0.4 is 0 Å². The van der Waals surface area contributed by atoms with Crippen LogP contribution >= 0.6 is 0 Å². The molecule has 2 nitrogen and oxygen atoms in total. The Morgan fingerprint density at radius 3 is 2.13 bits per heavy atom. The third kappa shape index (κ3) is 9.05. The number of carbonyl (C=O) groups is 1. The van der Waals surface area contributed by atoms with Crippen molar-refractivity contribution in [2.75, 3.05) is 0 Å². The van der Waals surface area contributed by atoms with Gasteiger partial charge in [0.05, 0.1) is 5.92 Å². The lowest BCUT2D eigenvalue weighted by atomic mass is 9.71. The van der Waals surface area contributed by atoms with Crippen LogP contribution in [0.1, 0.15) is 83.5 Å². The SMILES string of the molecule is O=C(O)C1CCC2CCCC3CC3/C=C\CCCC\C=C/C=C\C=C/C=CCCC1C2. The van der Waals surface area contributed by atoms with Crippen LogP contribution in [0, 0.1) is 29.6 Å². The molecule has 2 fully saturated rings. The molecule has 0 aliphatic heterocycles. The van der Waals surface area contributed by atoms with E-state index in [9.17, 15) is 9.90 Å². The van der Waals surface area contributed by atoms with E-state index in [0.29, 0.717) is 5.92 Å². The maximum Gasteiger partial charge on any atom is 0.306 e. The fourth-order valence-corrected chi connectivity index (χ4v) is 5.49. The van der Waals surface area contributed by atoms with Crippen LogP contribution in [0.3, 0.4) is 0 Å². The molecule has 5 atom stereocenters. The number of hydrogen-bond donors (Lipinski definition) is 1. The number of hydrogen-bond acceptors (Lipinski definition) is 1. The van der Waals surface area contributed by atoms with Crippen molar-refractivity contribution in [3.63, 3.8) is 0 Å². The highest BCUT2D eigenvalue weighted by Crippen LogP contribution is 2.45. The highest BCUT2D eigenvalue weighted by Gasteiger charge is 2.36. The Morgan fingerprint density at radius 2 is 1.35 bits per heavy atom. The van der Waals surface area contributed by atoms with E-state index in [1.165, 1.54) is 44.9 Å². The van der Waals surface area contributed by atoms with Gasteiger partial charge in [-0.1, -0.05) is 73.6 Å². The lowest BCUT2D eigenvalue weighted by Gasteiger charge is -2.34. The van der Waals surface area contributed by atoms with Crippen LogP contribution in [0.5, 0.6) is 0 Å². The number of carboxylic acid groups (broad SMARTS) is 1. The third-order valence-corrected chi connectivity index (χ3v) is 7.48. The molecule has 0 radical (unpaired) electrons. The maximum atomic E-state index is 11.7. The van der Waals surface area contributed by atoms with Crippen LogP contribution in [0.4, 0.5) is 0 Å². The Hall–Kier alpha value is -1.83. The largest absolute Gasteiger partial charge is 0.481 e. The first-order valence-electron chi connectivity index (χ1n) is 12.8. The molecule has 31 heavy (non-hydrogen) atoms. The highest BCUT2D eigenvalue weighted by atomic mass is 16.4. The van der Waals surface area contributed by atoms with Gasteiger partial charge in [0, 0.05) is 0 Å². The molecule has 0 spiro atoms. The van der Waals surface area contributed by atoms with Gasteiger partial charge in [0.1, 0.15) is 0 Å². The second kappa shape index (κ2) is 13.6.